The summed E-state index contributed by atoms with van der Waals surface area (Å²) >= 11 is 0. The number of benzene rings is 2. The van der Waals surface area contributed by atoms with Crippen LogP contribution in [0.4, 0.5) is 4.39 Å². The normalized spacial score (nSPS) is 13.1. The van der Waals surface area contributed by atoms with Gasteiger partial charge in [-0.1, -0.05) is 12.1 Å². The molecule has 7 heteroatoms. The molecule has 0 spiro atoms. The van der Waals surface area contributed by atoms with Crippen molar-refractivity contribution in [3.63, 3.8) is 0 Å². The van der Waals surface area contributed by atoms with Crippen LogP contribution in [0.2, 0.25) is 0 Å². The second kappa shape index (κ2) is 8.73. The van der Waals surface area contributed by atoms with Crippen LogP contribution in [0.3, 0.4) is 0 Å². The first-order valence-corrected chi connectivity index (χ1v) is 8.80. The summed E-state index contributed by atoms with van der Waals surface area (Å²) in [4.78, 5) is 6.18. The second-order valence-electron chi connectivity index (χ2n) is 6.63. The van der Waals surface area contributed by atoms with Crippen molar-refractivity contribution in [3.8, 4) is 11.5 Å². The van der Waals surface area contributed by atoms with E-state index in [4.69, 9.17) is 9.47 Å². The molecule has 1 aliphatic heterocycles. The number of nitrogens with zero attached hydrogens (tertiary/aromatic N) is 2. The van der Waals surface area contributed by atoms with Crippen molar-refractivity contribution in [2.24, 2.45) is 4.99 Å². The van der Waals surface area contributed by atoms with E-state index in [9.17, 15) is 4.39 Å². The predicted molar refractivity (Wildman–Crippen MR) is 103 cm³/mol. The number of aliphatic imine (C=N–C) groups is 1. The first kappa shape index (κ1) is 19.0. The van der Waals surface area contributed by atoms with Crippen LogP contribution in [-0.4, -0.2) is 38.8 Å². The number of guanidine groups is 1. The number of halogens is 1. The minimum absolute atomic E-state index is 0.183. The molecule has 0 radical (unpaired) electrons. The van der Waals surface area contributed by atoms with E-state index >= 15 is 0 Å². The average Bonchev–Trinajstić information content (AvgIpc) is 3.11. The van der Waals surface area contributed by atoms with Gasteiger partial charge < -0.3 is 25.0 Å². The summed E-state index contributed by atoms with van der Waals surface area (Å²) in [6.45, 7) is 1.99. The number of ether oxygens (including phenoxy) is 2. The molecule has 3 rings (SSSR count). The van der Waals surface area contributed by atoms with Gasteiger partial charge >= 0.3 is 0 Å². The molecule has 0 aliphatic carbocycles. The Labute approximate surface area is 159 Å². The zero-order valence-corrected chi connectivity index (χ0v) is 15.9. The van der Waals surface area contributed by atoms with Crippen LogP contribution in [0.1, 0.15) is 16.7 Å². The van der Waals surface area contributed by atoms with Crippen LogP contribution in [-0.2, 0) is 19.6 Å². The summed E-state index contributed by atoms with van der Waals surface area (Å²) in [5.74, 6) is 2.02. The Morgan fingerprint density at radius 3 is 2.41 bits per heavy atom. The summed E-state index contributed by atoms with van der Waals surface area (Å²) in [7, 11) is 5.57. The predicted octanol–water partition coefficient (Wildman–Crippen LogP) is 2.48. The van der Waals surface area contributed by atoms with Gasteiger partial charge in [0.2, 0.25) is 6.79 Å². The number of fused-ring (bicyclic) bond motifs is 1. The smallest absolute Gasteiger partial charge is 0.231 e. The third-order valence-corrected chi connectivity index (χ3v) is 4.18. The lowest BCUT2D eigenvalue weighted by Gasteiger charge is -2.14. The maximum absolute atomic E-state index is 13.9. The molecule has 144 valence electrons. The van der Waals surface area contributed by atoms with Crippen molar-refractivity contribution in [1.82, 2.24) is 15.5 Å². The lowest BCUT2D eigenvalue weighted by atomic mass is 10.1. The second-order valence-corrected chi connectivity index (χ2v) is 6.63. The van der Waals surface area contributed by atoms with Crippen LogP contribution >= 0.6 is 0 Å². The Bertz CT molecular complexity index is 824. The number of hydrogen-bond acceptors (Lipinski definition) is 4. The minimum Gasteiger partial charge on any atom is -0.454 e. The maximum Gasteiger partial charge on any atom is 0.231 e. The highest BCUT2D eigenvalue weighted by Gasteiger charge is 2.13. The molecule has 2 aromatic carbocycles. The van der Waals surface area contributed by atoms with E-state index in [2.05, 4.69) is 15.6 Å². The molecule has 27 heavy (non-hydrogen) atoms. The van der Waals surface area contributed by atoms with Gasteiger partial charge in [0.05, 0.1) is 0 Å². The van der Waals surface area contributed by atoms with E-state index in [1.165, 1.54) is 6.07 Å². The Kier molecular flexibility index (Phi) is 6.13. The van der Waals surface area contributed by atoms with Crippen molar-refractivity contribution >= 4 is 5.96 Å². The first-order valence-electron chi connectivity index (χ1n) is 8.80. The van der Waals surface area contributed by atoms with E-state index in [0.717, 1.165) is 22.6 Å². The molecule has 2 aromatic rings. The van der Waals surface area contributed by atoms with Gasteiger partial charge in [0.25, 0.3) is 0 Å². The molecule has 0 saturated carbocycles. The molecule has 0 amide bonds. The lowest BCUT2D eigenvalue weighted by molar-refractivity contribution is 0.174. The Morgan fingerprint density at radius 2 is 1.70 bits per heavy atom. The van der Waals surface area contributed by atoms with E-state index < -0.39 is 0 Å². The van der Waals surface area contributed by atoms with Gasteiger partial charge in [0.1, 0.15) is 5.82 Å². The van der Waals surface area contributed by atoms with E-state index in [1.807, 2.05) is 43.3 Å². The number of nitrogens with one attached hydrogen (secondary N) is 2. The summed E-state index contributed by atoms with van der Waals surface area (Å²) in [5, 5.41) is 6.52. The molecule has 1 aliphatic rings. The highest BCUT2D eigenvalue weighted by atomic mass is 19.1. The van der Waals surface area contributed by atoms with Gasteiger partial charge in [-0.3, -0.25) is 4.99 Å². The molecular formula is C20H25FN4O2. The fourth-order valence-electron chi connectivity index (χ4n) is 2.84. The molecule has 2 N–H and O–H groups in total. The molecule has 0 atom stereocenters. The van der Waals surface area contributed by atoms with E-state index in [0.29, 0.717) is 31.2 Å². The molecule has 0 bridgehead atoms. The molecular weight excluding hydrogens is 347 g/mol. The zero-order valence-electron chi connectivity index (χ0n) is 15.9. The van der Waals surface area contributed by atoms with Crippen LogP contribution in [0.5, 0.6) is 11.5 Å². The molecule has 6 nitrogen and oxygen atoms in total. The average molecular weight is 372 g/mol. The fraction of sp³-hybridized carbons (Fsp3) is 0.350. The van der Waals surface area contributed by atoms with Crippen LogP contribution in [0.25, 0.3) is 0 Å². The van der Waals surface area contributed by atoms with Gasteiger partial charge in [0, 0.05) is 32.2 Å². The van der Waals surface area contributed by atoms with Crippen LogP contribution in [0, 0.1) is 5.82 Å². The molecule has 1 heterocycles. The Hall–Kier alpha value is -2.80. The largest absolute Gasteiger partial charge is 0.454 e. The quantitative estimate of drug-likeness (QED) is 0.603. The fourth-order valence-corrected chi connectivity index (χ4v) is 2.84. The van der Waals surface area contributed by atoms with Crippen molar-refractivity contribution in [2.45, 2.75) is 19.6 Å². The van der Waals surface area contributed by atoms with E-state index in [1.54, 1.807) is 13.1 Å². The monoisotopic (exact) mass is 372 g/mol. The molecule has 0 unspecified atom stereocenters. The van der Waals surface area contributed by atoms with Crippen LogP contribution in [0.15, 0.2) is 41.4 Å². The maximum atomic E-state index is 13.9. The van der Waals surface area contributed by atoms with Crippen molar-refractivity contribution in [3.05, 3.63) is 58.9 Å². The highest BCUT2D eigenvalue weighted by molar-refractivity contribution is 5.79. The summed E-state index contributed by atoms with van der Waals surface area (Å²) < 4.78 is 24.6. The van der Waals surface area contributed by atoms with Gasteiger partial charge in [0.15, 0.2) is 17.5 Å². The standard InChI is InChI=1S/C20H25FN4O2/c1-22-20(24-11-15-5-7-18-19(9-15)27-13-26-18)23-10-14-4-6-17(21)16(8-14)12-25(2)3/h4-9H,10-13H2,1-3H3,(H2,22,23,24). The lowest BCUT2D eigenvalue weighted by Crippen LogP contribution is -2.36. The Balaban J connectivity index is 1.55. The SMILES string of the molecule is CN=C(NCc1ccc(F)c(CN(C)C)c1)NCc1ccc2c(c1)OCO2. The molecule has 0 saturated heterocycles. The first-order chi connectivity index (χ1) is 13.0. The Morgan fingerprint density at radius 1 is 1.04 bits per heavy atom. The van der Waals surface area contributed by atoms with Crippen molar-refractivity contribution < 1.29 is 13.9 Å². The summed E-state index contributed by atoms with van der Waals surface area (Å²) in [5.41, 5.74) is 2.75. The highest BCUT2D eigenvalue weighted by Crippen LogP contribution is 2.32. The molecule has 0 fully saturated rings. The van der Waals surface area contributed by atoms with Crippen molar-refractivity contribution in [1.29, 1.82) is 0 Å². The number of hydrogen-bond donors (Lipinski definition) is 2. The van der Waals surface area contributed by atoms with Gasteiger partial charge in [-0.2, -0.15) is 0 Å². The van der Waals surface area contributed by atoms with Crippen LogP contribution < -0.4 is 20.1 Å². The topological polar surface area (TPSA) is 58.1 Å². The van der Waals surface area contributed by atoms with Gasteiger partial charge in [-0.05, 0) is 49.5 Å². The minimum atomic E-state index is -0.183. The third-order valence-electron chi connectivity index (χ3n) is 4.18. The van der Waals surface area contributed by atoms with E-state index in [-0.39, 0.29) is 12.6 Å². The summed E-state index contributed by atoms with van der Waals surface area (Å²) in [6, 6.07) is 11.0. The zero-order chi connectivity index (χ0) is 19.2. The summed E-state index contributed by atoms with van der Waals surface area (Å²) in [6.07, 6.45) is 0. The van der Waals surface area contributed by atoms with Crippen molar-refractivity contribution in [2.75, 3.05) is 27.9 Å². The third kappa shape index (κ3) is 5.10. The van der Waals surface area contributed by atoms with Gasteiger partial charge in [-0.25, -0.2) is 4.39 Å². The van der Waals surface area contributed by atoms with Gasteiger partial charge in [-0.15, -0.1) is 0 Å². The number of rotatable bonds is 6. The molecule has 0 aromatic heterocycles.